The number of rotatable bonds is 4. The van der Waals surface area contributed by atoms with Gasteiger partial charge in [0.25, 0.3) is 0 Å². The SMILES string of the molecule is c1ccc(-c2ccc3c(c2)c2cc4oc(-c5ccccc5)nc4cc2n3-c2ccc(-c3ccc4c5ccccc5c5ccccc5c4c3)cc2)cc1. The summed E-state index contributed by atoms with van der Waals surface area (Å²) in [4.78, 5) is 4.94. The second-order valence-corrected chi connectivity index (χ2v) is 13.6. The van der Waals surface area contributed by atoms with Crippen LogP contribution in [0, 0.1) is 0 Å². The van der Waals surface area contributed by atoms with Crippen LogP contribution in [-0.2, 0) is 0 Å². The third kappa shape index (κ3) is 4.43. The standard InChI is InChI=1S/C49H30N2O/c1-3-11-31(12-4-1)35-22-26-46-43(28-35)44-29-48-45(50-49(52-48)33-13-5-2-6-14-33)30-47(44)51(46)36-23-19-32(20-24-36)34-21-25-41-39-17-8-7-15-37(39)38-16-9-10-18-40(38)42(41)27-34/h1-30H. The lowest BCUT2D eigenvalue weighted by molar-refractivity contribution is 0.620. The molecule has 0 fully saturated rings. The van der Waals surface area contributed by atoms with E-state index in [9.17, 15) is 0 Å². The van der Waals surface area contributed by atoms with Gasteiger partial charge in [-0.3, -0.25) is 0 Å². The minimum Gasteiger partial charge on any atom is -0.436 e. The Morgan fingerprint density at radius 3 is 1.52 bits per heavy atom. The van der Waals surface area contributed by atoms with E-state index in [4.69, 9.17) is 9.40 Å². The van der Waals surface area contributed by atoms with E-state index < -0.39 is 0 Å². The maximum atomic E-state index is 6.37. The van der Waals surface area contributed by atoms with Gasteiger partial charge < -0.3 is 8.98 Å². The van der Waals surface area contributed by atoms with Crippen LogP contribution >= 0.6 is 0 Å². The van der Waals surface area contributed by atoms with Gasteiger partial charge in [0.1, 0.15) is 5.52 Å². The van der Waals surface area contributed by atoms with E-state index in [1.54, 1.807) is 0 Å². The van der Waals surface area contributed by atoms with E-state index >= 15 is 0 Å². The second-order valence-electron chi connectivity index (χ2n) is 13.6. The van der Waals surface area contributed by atoms with E-state index in [1.807, 2.05) is 30.3 Å². The summed E-state index contributed by atoms with van der Waals surface area (Å²) >= 11 is 0. The molecule has 0 unspecified atom stereocenters. The maximum absolute atomic E-state index is 6.37. The van der Waals surface area contributed by atoms with Crippen LogP contribution in [0.25, 0.3) is 105 Å². The van der Waals surface area contributed by atoms with Gasteiger partial charge in [-0.2, -0.15) is 0 Å². The molecule has 0 amide bonds. The highest BCUT2D eigenvalue weighted by Crippen LogP contribution is 2.40. The van der Waals surface area contributed by atoms with E-state index in [0.29, 0.717) is 5.89 Å². The van der Waals surface area contributed by atoms with Gasteiger partial charge in [0.2, 0.25) is 5.89 Å². The molecule has 52 heavy (non-hydrogen) atoms. The van der Waals surface area contributed by atoms with Gasteiger partial charge in [0.15, 0.2) is 5.58 Å². The van der Waals surface area contributed by atoms with E-state index in [-0.39, 0.29) is 0 Å². The summed E-state index contributed by atoms with van der Waals surface area (Å²) in [7, 11) is 0. The Morgan fingerprint density at radius 2 is 0.846 bits per heavy atom. The molecule has 9 aromatic carbocycles. The third-order valence-corrected chi connectivity index (χ3v) is 10.6. The summed E-state index contributed by atoms with van der Waals surface area (Å²) in [5.74, 6) is 0.629. The number of fused-ring (bicyclic) bond motifs is 10. The van der Waals surface area contributed by atoms with Crippen molar-refractivity contribution in [3.8, 4) is 39.4 Å². The number of benzene rings is 9. The predicted octanol–water partition coefficient (Wildman–Crippen LogP) is 13.4. The van der Waals surface area contributed by atoms with Crippen molar-refractivity contribution in [2.75, 3.05) is 0 Å². The molecule has 0 aliphatic rings. The zero-order valence-corrected chi connectivity index (χ0v) is 28.1. The smallest absolute Gasteiger partial charge is 0.227 e. The largest absolute Gasteiger partial charge is 0.436 e. The first-order chi connectivity index (χ1) is 25.8. The second kappa shape index (κ2) is 11.3. The molecule has 2 heterocycles. The minimum absolute atomic E-state index is 0.629. The Bertz CT molecular complexity index is 3120. The molecule has 242 valence electrons. The maximum Gasteiger partial charge on any atom is 0.227 e. The Hall–Kier alpha value is -6.97. The molecule has 2 aromatic heterocycles. The van der Waals surface area contributed by atoms with Crippen LogP contribution in [0.5, 0.6) is 0 Å². The molecule has 0 bridgehead atoms. The molecule has 11 aromatic rings. The molecule has 0 saturated carbocycles. The molecule has 0 aliphatic heterocycles. The molecule has 0 N–H and O–H groups in total. The average molecular weight is 663 g/mol. The lowest BCUT2D eigenvalue weighted by atomic mass is 9.92. The van der Waals surface area contributed by atoms with E-state index in [1.165, 1.54) is 60.0 Å². The molecule has 0 spiro atoms. The normalized spacial score (nSPS) is 11.8. The van der Waals surface area contributed by atoms with Crippen LogP contribution in [-0.4, -0.2) is 9.55 Å². The van der Waals surface area contributed by atoms with Gasteiger partial charge in [0, 0.05) is 22.0 Å². The first kappa shape index (κ1) is 28.8. The van der Waals surface area contributed by atoms with Crippen molar-refractivity contribution >= 4 is 65.2 Å². The van der Waals surface area contributed by atoms with Crippen LogP contribution in [0.1, 0.15) is 0 Å². The lowest BCUT2D eigenvalue weighted by Gasteiger charge is -2.13. The average Bonchev–Trinajstić information content (AvgIpc) is 3.78. The Labute approximate surface area is 299 Å². The number of hydrogen-bond acceptors (Lipinski definition) is 2. The predicted molar refractivity (Wildman–Crippen MR) is 217 cm³/mol. The third-order valence-electron chi connectivity index (χ3n) is 10.6. The van der Waals surface area contributed by atoms with Crippen molar-refractivity contribution in [1.82, 2.24) is 9.55 Å². The molecule has 11 rings (SSSR count). The Kier molecular flexibility index (Phi) is 6.25. The molecule has 0 atom stereocenters. The summed E-state index contributed by atoms with van der Waals surface area (Å²) in [5.41, 5.74) is 10.7. The van der Waals surface area contributed by atoms with Crippen LogP contribution in [0.2, 0.25) is 0 Å². The molecule has 0 radical (unpaired) electrons. The highest BCUT2D eigenvalue weighted by atomic mass is 16.3. The summed E-state index contributed by atoms with van der Waals surface area (Å²) in [5, 5.41) is 10.0. The first-order valence-corrected chi connectivity index (χ1v) is 17.7. The van der Waals surface area contributed by atoms with Gasteiger partial charge in [-0.15, -0.1) is 0 Å². The summed E-state index contributed by atoms with van der Waals surface area (Å²) < 4.78 is 8.73. The fourth-order valence-corrected chi connectivity index (χ4v) is 8.12. The van der Waals surface area contributed by atoms with Gasteiger partial charge in [-0.25, -0.2) is 4.98 Å². The fourth-order valence-electron chi connectivity index (χ4n) is 8.12. The molecule has 3 heteroatoms. The van der Waals surface area contributed by atoms with Gasteiger partial charge in [-0.1, -0.05) is 127 Å². The van der Waals surface area contributed by atoms with Crippen molar-refractivity contribution in [2.24, 2.45) is 0 Å². The topological polar surface area (TPSA) is 31.0 Å². The zero-order valence-electron chi connectivity index (χ0n) is 28.1. The van der Waals surface area contributed by atoms with Crippen molar-refractivity contribution in [1.29, 1.82) is 0 Å². The van der Waals surface area contributed by atoms with Crippen molar-refractivity contribution in [3.05, 3.63) is 182 Å². The molecule has 0 saturated heterocycles. The van der Waals surface area contributed by atoms with Crippen molar-refractivity contribution in [2.45, 2.75) is 0 Å². The summed E-state index contributed by atoms with van der Waals surface area (Å²) in [6.07, 6.45) is 0. The number of oxazole rings is 1. The number of hydrogen-bond donors (Lipinski definition) is 0. The monoisotopic (exact) mass is 662 g/mol. The van der Waals surface area contributed by atoms with E-state index in [2.05, 4.69) is 156 Å². The van der Waals surface area contributed by atoms with Crippen LogP contribution in [0.15, 0.2) is 186 Å². The van der Waals surface area contributed by atoms with Crippen molar-refractivity contribution in [3.63, 3.8) is 0 Å². The molecular formula is C49H30N2O. The minimum atomic E-state index is 0.629. The number of nitrogens with zero attached hydrogens (tertiary/aromatic N) is 2. The highest BCUT2D eigenvalue weighted by Gasteiger charge is 2.18. The van der Waals surface area contributed by atoms with Crippen LogP contribution in [0.3, 0.4) is 0 Å². The number of aromatic nitrogens is 2. The summed E-state index contributed by atoms with van der Waals surface area (Å²) in [6.45, 7) is 0. The molecule has 0 aliphatic carbocycles. The Balaban J connectivity index is 1.08. The van der Waals surface area contributed by atoms with Gasteiger partial charge in [0.05, 0.1) is 11.0 Å². The quantitative estimate of drug-likeness (QED) is 0.176. The van der Waals surface area contributed by atoms with Crippen LogP contribution < -0.4 is 0 Å². The highest BCUT2D eigenvalue weighted by molar-refractivity contribution is 6.25. The van der Waals surface area contributed by atoms with Gasteiger partial charge >= 0.3 is 0 Å². The fraction of sp³-hybridized carbons (Fsp3) is 0. The van der Waals surface area contributed by atoms with Crippen molar-refractivity contribution < 1.29 is 4.42 Å². The Morgan fingerprint density at radius 1 is 0.346 bits per heavy atom. The zero-order chi connectivity index (χ0) is 34.2. The molecule has 3 nitrogen and oxygen atoms in total. The first-order valence-electron chi connectivity index (χ1n) is 17.7. The lowest BCUT2D eigenvalue weighted by Crippen LogP contribution is -1.94. The summed E-state index contributed by atoms with van der Waals surface area (Å²) in [6, 6.07) is 65.2. The van der Waals surface area contributed by atoms with Gasteiger partial charge in [-0.05, 0) is 109 Å². The van der Waals surface area contributed by atoms with E-state index in [0.717, 1.165) is 38.8 Å². The van der Waals surface area contributed by atoms with Crippen LogP contribution in [0.4, 0.5) is 0 Å². The molecular weight excluding hydrogens is 633 g/mol.